The van der Waals surface area contributed by atoms with Gasteiger partial charge in [-0.15, -0.1) is 0 Å². The standard InChI is InChI=1S/C14H15N3O2/c1-9-12(15)6-7-13(17-9)16-8-10-2-4-11(5-3-10)14(18)19/h2-7H,8,15H2,1H3,(H,16,17)(H,18,19). The topological polar surface area (TPSA) is 88.2 Å². The van der Waals surface area contributed by atoms with Crippen molar-refractivity contribution in [3.8, 4) is 0 Å². The number of hydrogen-bond acceptors (Lipinski definition) is 4. The zero-order chi connectivity index (χ0) is 13.8. The van der Waals surface area contributed by atoms with E-state index >= 15 is 0 Å². The van der Waals surface area contributed by atoms with Gasteiger partial charge in [-0.1, -0.05) is 12.1 Å². The van der Waals surface area contributed by atoms with Crippen molar-refractivity contribution in [2.75, 3.05) is 11.1 Å². The number of nitrogens with one attached hydrogen (secondary N) is 1. The second-order valence-corrected chi connectivity index (χ2v) is 4.23. The Balaban J connectivity index is 2.01. The van der Waals surface area contributed by atoms with Crippen molar-refractivity contribution in [1.82, 2.24) is 4.98 Å². The van der Waals surface area contributed by atoms with Crippen LogP contribution in [0.15, 0.2) is 36.4 Å². The van der Waals surface area contributed by atoms with Gasteiger partial charge in [-0.25, -0.2) is 9.78 Å². The normalized spacial score (nSPS) is 10.2. The Bertz CT molecular complexity index is 594. The fourth-order valence-electron chi connectivity index (χ4n) is 1.63. The van der Waals surface area contributed by atoms with E-state index in [1.54, 1.807) is 30.3 Å². The molecular weight excluding hydrogens is 242 g/mol. The number of aromatic carboxylic acids is 1. The highest BCUT2D eigenvalue weighted by Crippen LogP contribution is 2.13. The Kier molecular flexibility index (Phi) is 3.66. The smallest absolute Gasteiger partial charge is 0.335 e. The summed E-state index contributed by atoms with van der Waals surface area (Å²) in [5.41, 5.74) is 8.41. The first kappa shape index (κ1) is 12.9. The summed E-state index contributed by atoms with van der Waals surface area (Å²) in [7, 11) is 0. The third-order valence-electron chi connectivity index (χ3n) is 2.80. The van der Waals surface area contributed by atoms with Crippen LogP contribution in [0.5, 0.6) is 0 Å². The molecule has 0 fully saturated rings. The summed E-state index contributed by atoms with van der Waals surface area (Å²) in [6.45, 7) is 2.43. The van der Waals surface area contributed by atoms with E-state index in [-0.39, 0.29) is 5.56 Å². The van der Waals surface area contributed by atoms with Crippen molar-refractivity contribution in [2.45, 2.75) is 13.5 Å². The maximum atomic E-state index is 10.7. The van der Waals surface area contributed by atoms with Crippen molar-refractivity contribution < 1.29 is 9.90 Å². The number of benzene rings is 1. The van der Waals surface area contributed by atoms with Crippen LogP contribution in [0.3, 0.4) is 0 Å². The number of pyridine rings is 1. The van der Waals surface area contributed by atoms with E-state index in [4.69, 9.17) is 10.8 Å². The lowest BCUT2D eigenvalue weighted by Gasteiger charge is -2.08. The Morgan fingerprint density at radius 1 is 1.26 bits per heavy atom. The highest BCUT2D eigenvalue weighted by Gasteiger charge is 2.02. The molecule has 2 aromatic rings. The Labute approximate surface area is 111 Å². The minimum Gasteiger partial charge on any atom is -0.478 e. The quantitative estimate of drug-likeness (QED) is 0.782. The Morgan fingerprint density at radius 2 is 1.95 bits per heavy atom. The number of aryl methyl sites for hydroxylation is 1. The minimum absolute atomic E-state index is 0.283. The summed E-state index contributed by atoms with van der Waals surface area (Å²) in [4.78, 5) is 15.0. The molecule has 5 nitrogen and oxygen atoms in total. The molecule has 19 heavy (non-hydrogen) atoms. The number of carbonyl (C=O) groups is 1. The predicted octanol–water partition coefficient (Wildman–Crippen LogP) is 2.28. The predicted molar refractivity (Wildman–Crippen MR) is 74.1 cm³/mol. The molecule has 0 bridgehead atoms. The summed E-state index contributed by atoms with van der Waals surface area (Å²) in [5, 5.41) is 12.0. The minimum atomic E-state index is -0.921. The second kappa shape index (κ2) is 5.39. The molecule has 0 amide bonds. The number of rotatable bonds is 4. The Morgan fingerprint density at radius 3 is 2.53 bits per heavy atom. The molecule has 0 saturated heterocycles. The lowest BCUT2D eigenvalue weighted by molar-refractivity contribution is 0.0697. The van der Waals surface area contributed by atoms with Gasteiger partial charge in [0.1, 0.15) is 5.82 Å². The summed E-state index contributed by atoms with van der Waals surface area (Å²) in [6.07, 6.45) is 0. The highest BCUT2D eigenvalue weighted by molar-refractivity contribution is 5.87. The summed E-state index contributed by atoms with van der Waals surface area (Å²) in [6, 6.07) is 10.3. The zero-order valence-electron chi connectivity index (χ0n) is 10.6. The van der Waals surface area contributed by atoms with Crippen LogP contribution >= 0.6 is 0 Å². The van der Waals surface area contributed by atoms with Gasteiger partial charge in [0, 0.05) is 6.54 Å². The SMILES string of the molecule is Cc1nc(NCc2ccc(C(=O)O)cc2)ccc1N. The van der Waals surface area contributed by atoms with Crippen LogP contribution in [0.2, 0.25) is 0 Å². The zero-order valence-corrected chi connectivity index (χ0v) is 10.6. The monoisotopic (exact) mass is 257 g/mol. The van der Waals surface area contributed by atoms with Crippen LogP contribution in [0.25, 0.3) is 0 Å². The molecule has 1 heterocycles. The van der Waals surface area contributed by atoms with Crippen LogP contribution < -0.4 is 11.1 Å². The van der Waals surface area contributed by atoms with Crippen LogP contribution in [-0.4, -0.2) is 16.1 Å². The van der Waals surface area contributed by atoms with E-state index in [1.807, 2.05) is 13.0 Å². The van der Waals surface area contributed by atoms with Gasteiger partial charge in [-0.3, -0.25) is 0 Å². The third kappa shape index (κ3) is 3.22. The van der Waals surface area contributed by atoms with Crippen LogP contribution in [0, 0.1) is 6.92 Å². The van der Waals surface area contributed by atoms with Gasteiger partial charge in [0.15, 0.2) is 0 Å². The molecule has 1 aromatic heterocycles. The van der Waals surface area contributed by atoms with Crippen LogP contribution in [0.4, 0.5) is 11.5 Å². The molecule has 2 rings (SSSR count). The molecule has 0 radical (unpaired) electrons. The number of anilines is 2. The average Bonchev–Trinajstić information content (AvgIpc) is 2.40. The van der Waals surface area contributed by atoms with Crippen molar-refractivity contribution in [3.63, 3.8) is 0 Å². The van der Waals surface area contributed by atoms with Crippen molar-refractivity contribution in [2.24, 2.45) is 0 Å². The Hall–Kier alpha value is -2.56. The fourth-order valence-corrected chi connectivity index (χ4v) is 1.63. The summed E-state index contributed by atoms with van der Waals surface area (Å²) < 4.78 is 0. The van der Waals surface area contributed by atoms with E-state index in [1.165, 1.54) is 0 Å². The maximum absolute atomic E-state index is 10.7. The third-order valence-corrected chi connectivity index (χ3v) is 2.80. The van der Waals surface area contributed by atoms with Crippen LogP contribution in [-0.2, 0) is 6.54 Å². The highest BCUT2D eigenvalue weighted by atomic mass is 16.4. The van der Waals surface area contributed by atoms with Crippen molar-refractivity contribution in [1.29, 1.82) is 0 Å². The lowest BCUT2D eigenvalue weighted by Crippen LogP contribution is -2.04. The van der Waals surface area contributed by atoms with E-state index in [0.717, 1.165) is 17.1 Å². The number of nitrogen functional groups attached to an aromatic ring is 1. The molecule has 5 heteroatoms. The lowest BCUT2D eigenvalue weighted by atomic mass is 10.1. The van der Waals surface area contributed by atoms with Gasteiger partial charge < -0.3 is 16.2 Å². The maximum Gasteiger partial charge on any atom is 0.335 e. The molecule has 0 saturated carbocycles. The first-order valence-corrected chi connectivity index (χ1v) is 5.85. The number of aromatic nitrogens is 1. The number of nitrogens with two attached hydrogens (primary N) is 1. The largest absolute Gasteiger partial charge is 0.478 e. The molecule has 0 unspecified atom stereocenters. The van der Waals surface area contributed by atoms with Gasteiger partial charge in [0.2, 0.25) is 0 Å². The first-order chi connectivity index (χ1) is 9.06. The molecule has 0 aliphatic rings. The molecule has 98 valence electrons. The van der Waals surface area contributed by atoms with Gasteiger partial charge >= 0.3 is 5.97 Å². The van der Waals surface area contributed by atoms with E-state index in [0.29, 0.717) is 12.2 Å². The van der Waals surface area contributed by atoms with Crippen molar-refractivity contribution in [3.05, 3.63) is 53.2 Å². The molecule has 0 atom stereocenters. The average molecular weight is 257 g/mol. The molecule has 4 N–H and O–H groups in total. The fraction of sp³-hybridized carbons (Fsp3) is 0.143. The molecule has 0 aliphatic carbocycles. The van der Waals surface area contributed by atoms with Crippen LogP contribution in [0.1, 0.15) is 21.6 Å². The van der Waals surface area contributed by atoms with Gasteiger partial charge in [0.25, 0.3) is 0 Å². The number of nitrogens with zero attached hydrogens (tertiary/aromatic N) is 1. The number of carboxylic acids is 1. The second-order valence-electron chi connectivity index (χ2n) is 4.23. The molecule has 0 spiro atoms. The summed E-state index contributed by atoms with van der Waals surface area (Å²) >= 11 is 0. The van der Waals surface area contributed by atoms with E-state index in [9.17, 15) is 4.79 Å². The van der Waals surface area contributed by atoms with E-state index in [2.05, 4.69) is 10.3 Å². The van der Waals surface area contributed by atoms with Gasteiger partial charge in [-0.2, -0.15) is 0 Å². The van der Waals surface area contributed by atoms with Gasteiger partial charge in [-0.05, 0) is 36.8 Å². The number of hydrogen-bond donors (Lipinski definition) is 3. The summed E-state index contributed by atoms with van der Waals surface area (Å²) in [5.74, 6) is -0.177. The van der Waals surface area contributed by atoms with E-state index < -0.39 is 5.97 Å². The van der Waals surface area contributed by atoms with Gasteiger partial charge in [0.05, 0.1) is 16.9 Å². The molecule has 1 aromatic carbocycles. The molecular formula is C14H15N3O2. The first-order valence-electron chi connectivity index (χ1n) is 5.85. The van der Waals surface area contributed by atoms with Crippen molar-refractivity contribution >= 4 is 17.5 Å². The molecule has 0 aliphatic heterocycles. The number of carboxylic acid groups (broad SMARTS) is 1.